The number of fused-ring (bicyclic) bond motifs is 3. The van der Waals surface area contributed by atoms with Crippen LogP contribution in [0.1, 0.15) is 35.1 Å². The lowest BCUT2D eigenvalue weighted by atomic mass is 9.99. The minimum atomic E-state index is -2.30. The van der Waals surface area contributed by atoms with Gasteiger partial charge >= 0.3 is 6.03 Å². The number of amides is 2. The molecule has 0 fully saturated rings. The van der Waals surface area contributed by atoms with Gasteiger partial charge in [0, 0.05) is 5.69 Å². The summed E-state index contributed by atoms with van der Waals surface area (Å²) in [6, 6.07) is 1.57. The van der Waals surface area contributed by atoms with Gasteiger partial charge in [-0.3, -0.25) is 0 Å². The molecule has 0 bridgehead atoms. The molecule has 28 heavy (non-hydrogen) atoms. The normalized spacial score (nSPS) is 21.0. The van der Waals surface area contributed by atoms with Crippen LogP contribution in [0.15, 0.2) is 21.5 Å². The quantitative estimate of drug-likeness (QED) is 0.665. The second kappa shape index (κ2) is 6.89. The summed E-state index contributed by atoms with van der Waals surface area (Å²) in [6.45, 7) is 0.823. The zero-order valence-electron chi connectivity index (χ0n) is 15.5. The van der Waals surface area contributed by atoms with Crippen LogP contribution in [0.3, 0.4) is 0 Å². The van der Waals surface area contributed by atoms with Gasteiger partial charge in [0.05, 0.1) is 29.4 Å². The predicted molar refractivity (Wildman–Crippen MR) is 105 cm³/mol. The van der Waals surface area contributed by atoms with E-state index in [-0.39, 0.29) is 6.04 Å². The number of aromatic nitrogens is 2. The number of hydrogen-bond acceptors (Lipinski definition) is 5. The second-order valence-corrected chi connectivity index (χ2v) is 8.85. The minimum absolute atomic E-state index is 0.152. The molecular formula is C19H23N5O3S. The van der Waals surface area contributed by atoms with Crippen LogP contribution in [0.5, 0.6) is 5.88 Å². The second-order valence-electron chi connectivity index (χ2n) is 7.63. The average molecular weight is 401 g/mol. The highest BCUT2D eigenvalue weighted by molar-refractivity contribution is 7.75. The lowest BCUT2D eigenvalue weighted by molar-refractivity contribution is 0.200. The van der Waals surface area contributed by atoms with Gasteiger partial charge in [-0.2, -0.15) is 5.10 Å². The molecular weight excluding hydrogens is 378 g/mol. The van der Waals surface area contributed by atoms with E-state index in [1.165, 1.54) is 28.5 Å². The molecule has 0 radical (unpaired) electrons. The predicted octanol–water partition coefficient (Wildman–Crippen LogP) is 1.84. The number of rotatable bonds is 2. The summed E-state index contributed by atoms with van der Waals surface area (Å²) in [6.07, 6.45) is 7.70. The van der Waals surface area contributed by atoms with Crippen molar-refractivity contribution in [2.45, 2.75) is 56.0 Å². The molecule has 2 heterocycles. The first-order valence-electron chi connectivity index (χ1n) is 9.70. The van der Waals surface area contributed by atoms with Crippen molar-refractivity contribution in [1.29, 1.82) is 0 Å². The average Bonchev–Trinajstić information content (AvgIpc) is 3.39. The molecule has 9 heteroatoms. The van der Waals surface area contributed by atoms with E-state index in [9.17, 15) is 9.00 Å². The van der Waals surface area contributed by atoms with Crippen LogP contribution in [0.2, 0.25) is 0 Å². The lowest BCUT2D eigenvalue weighted by Gasteiger charge is -2.20. The largest absolute Gasteiger partial charge is 0.475 e. The number of hydrogen-bond donors (Lipinski definition) is 3. The fraction of sp³-hybridized carbons (Fsp3) is 0.474. The number of carbonyl (C=O) groups is 1. The van der Waals surface area contributed by atoms with E-state index >= 15 is 0 Å². The van der Waals surface area contributed by atoms with Crippen molar-refractivity contribution in [3.8, 4) is 5.88 Å². The molecule has 2 aromatic rings. The Morgan fingerprint density at radius 1 is 1.25 bits per heavy atom. The van der Waals surface area contributed by atoms with Gasteiger partial charge < -0.3 is 15.8 Å². The Labute approximate surface area is 164 Å². The van der Waals surface area contributed by atoms with Crippen LogP contribution in [0.4, 0.5) is 10.5 Å². The molecule has 0 saturated heterocycles. The molecule has 2 aliphatic carbocycles. The molecule has 0 saturated carbocycles. The monoisotopic (exact) mass is 401 g/mol. The summed E-state index contributed by atoms with van der Waals surface area (Å²) in [4.78, 5) is 12.9. The first kappa shape index (κ1) is 17.7. The number of ether oxygens (including phenoxy) is 1. The van der Waals surface area contributed by atoms with Crippen LogP contribution >= 0.6 is 0 Å². The zero-order valence-corrected chi connectivity index (χ0v) is 16.4. The molecule has 1 unspecified atom stereocenters. The number of urea groups is 1. The molecule has 0 spiro atoms. The first-order chi connectivity index (χ1) is 13.6. The molecule has 148 valence electrons. The molecule has 1 aromatic heterocycles. The highest BCUT2D eigenvalue weighted by atomic mass is 32.2. The maximum atomic E-state index is 12.7. The van der Waals surface area contributed by atoms with Crippen molar-refractivity contribution in [1.82, 2.24) is 9.78 Å². The van der Waals surface area contributed by atoms with Crippen LogP contribution in [-0.2, 0) is 42.8 Å². The Hall–Kier alpha value is -2.39. The van der Waals surface area contributed by atoms with E-state index in [2.05, 4.69) is 20.8 Å². The number of nitrogens with two attached hydrogens (primary N) is 1. The summed E-state index contributed by atoms with van der Waals surface area (Å²) in [5.74, 6) is 0.390. The Kier molecular flexibility index (Phi) is 4.36. The Bertz CT molecular complexity index is 1020. The Balaban J connectivity index is 1.43. The van der Waals surface area contributed by atoms with Crippen LogP contribution in [-0.4, -0.2) is 32.7 Å². The maximum Gasteiger partial charge on any atom is 0.353 e. The van der Waals surface area contributed by atoms with Gasteiger partial charge in [0.1, 0.15) is 11.5 Å². The highest BCUT2D eigenvalue weighted by Gasteiger charge is 2.25. The van der Waals surface area contributed by atoms with E-state index in [0.717, 1.165) is 44.2 Å². The fourth-order valence-corrected chi connectivity index (χ4v) is 5.29. The molecule has 2 atom stereocenters. The standard InChI is InChI=1S/C19H23N5O3S/c20-13-9-24-18(27-10-13)16(8-21-24)28(26)23-19(25)22-17-14-5-1-3-11(14)7-12-4-2-6-15(12)17/h7-8,13,28H,1-6,9-10,20H2,(H,22,25)/t13-/m0/s1. The third-order valence-corrected chi connectivity index (χ3v) is 6.79. The minimum Gasteiger partial charge on any atom is -0.475 e. The van der Waals surface area contributed by atoms with Crippen molar-refractivity contribution in [2.24, 2.45) is 10.1 Å². The van der Waals surface area contributed by atoms with Gasteiger partial charge in [0.25, 0.3) is 0 Å². The third kappa shape index (κ3) is 2.98. The van der Waals surface area contributed by atoms with Gasteiger partial charge in [0.2, 0.25) is 5.88 Å². The number of carbonyl (C=O) groups excluding carboxylic acids is 1. The van der Waals surface area contributed by atoms with Gasteiger partial charge in [-0.15, -0.1) is 4.36 Å². The van der Waals surface area contributed by atoms with Crippen molar-refractivity contribution >= 4 is 22.3 Å². The van der Waals surface area contributed by atoms with Crippen molar-refractivity contribution in [3.05, 3.63) is 34.5 Å². The van der Waals surface area contributed by atoms with Crippen LogP contribution in [0.25, 0.3) is 0 Å². The molecule has 1 aromatic carbocycles. The number of aryl methyl sites for hydroxylation is 2. The summed E-state index contributed by atoms with van der Waals surface area (Å²) >= 11 is 0. The summed E-state index contributed by atoms with van der Waals surface area (Å²) in [5.41, 5.74) is 11.8. The van der Waals surface area contributed by atoms with E-state index in [1.807, 2.05) is 0 Å². The maximum absolute atomic E-state index is 12.7. The Morgan fingerprint density at radius 2 is 1.96 bits per heavy atom. The zero-order chi connectivity index (χ0) is 19.3. The van der Waals surface area contributed by atoms with Gasteiger partial charge in [0.15, 0.2) is 0 Å². The SMILES string of the molecule is N[C@@H]1COc2c(/[SH](=O)=N/C(=O)Nc3c4c(cc5c3CCC5)CCC4)cnn2C1. The van der Waals surface area contributed by atoms with E-state index in [1.54, 1.807) is 4.68 Å². The lowest BCUT2D eigenvalue weighted by Crippen LogP contribution is -2.37. The molecule has 3 N–H and O–H groups in total. The summed E-state index contributed by atoms with van der Waals surface area (Å²) < 4.78 is 23.7. The number of benzene rings is 1. The number of anilines is 1. The smallest absolute Gasteiger partial charge is 0.353 e. The molecule has 1 aliphatic heterocycles. The van der Waals surface area contributed by atoms with Gasteiger partial charge in [-0.25, -0.2) is 13.7 Å². The first-order valence-corrected chi connectivity index (χ1v) is 10.9. The van der Waals surface area contributed by atoms with E-state index < -0.39 is 16.6 Å². The van der Waals surface area contributed by atoms with Crippen molar-refractivity contribution < 1.29 is 13.7 Å². The fourth-order valence-electron chi connectivity index (χ4n) is 4.47. The van der Waals surface area contributed by atoms with Crippen LogP contribution < -0.4 is 15.8 Å². The van der Waals surface area contributed by atoms with Crippen molar-refractivity contribution in [3.63, 3.8) is 0 Å². The number of nitrogens with zero attached hydrogens (tertiary/aromatic N) is 3. The molecule has 3 aliphatic rings. The van der Waals surface area contributed by atoms with Gasteiger partial charge in [-0.05, 0) is 60.8 Å². The van der Waals surface area contributed by atoms with Gasteiger partial charge in [-0.1, -0.05) is 6.07 Å². The summed E-state index contributed by atoms with van der Waals surface area (Å²) in [7, 11) is -2.30. The topological polar surface area (TPSA) is 112 Å². The summed E-state index contributed by atoms with van der Waals surface area (Å²) in [5, 5.41) is 7.10. The van der Waals surface area contributed by atoms with E-state index in [0.29, 0.717) is 23.9 Å². The number of thiol groups is 1. The number of nitrogens with one attached hydrogen (secondary N) is 1. The van der Waals surface area contributed by atoms with E-state index in [4.69, 9.17) is 10.5 Å². The third-order valence-electron chi connectivity index (χ3n) is 5.71. The molecule has 2 amide bonds. The Morgan fingerprint density at radius 3 is 2.68 bits per heavy atom. The van der Waals surface area contributed by atoms with Crippen LogP contribution in [0, 0.1) is 0 Å². The molecule has 8 nitrogen and oxygen atoms in total. The molecule has 5 rings (SSSR count). The van der Waals surface area contributed by atoms with Crippen molar-refractivity contribution in [2.75, 3.05) is 11.9 Å². The highest BCUT2D eigenvalue weighted by Crippen LogP contribution is 2.38.